The van der Waals surface area contributed by atoms with Gasteiger partial charge in [0, 0.05) is 42.2 Å². The number of nitrogens with zero attached hydrogens (tertiary/aromatic N) is 2. The van der Waals surface area contributed by atoms with E-state index in [0.717, 1.165) is 36.2 Å². The number of benzene rings is 1. The molecule has 0 atom stereocenters. The van der Waals surface area contributed by atoms with Gasteiger partial charge in [0.1, 0.15) is 5.01 Å². The average Bonchev–Trinajstić information content (AvgIpc) is 3.07. The second-order valence-corrected chi connectivity index (χ2v) is 8.45. The van der Waals surface area contributed by atoms with Crippen LogP contribution in [0.3, 0.4) is 0 Å². The summed E-state index contributed by atoms with van der Waals surface area (Å²) in [6.07, 6.45) is 3.01. The van der Waals surface area contributed by atoms with Crippen molar-refractivity contribution in [1.29, 1.82) is 0 Å². The van der Waals surface area contributed by atoms with E-state index in [4.69, 9.17) is 4.98 Å². The number of guanidine groups is 1. The Balaban J connectivity index is 1.80. The fourth-order valence-corrected chi connectivity index (χ4v) is 3.11. The first kappa shape index (κ1) is 18.8. The molecule has 0 saturated heterocycles. The van der Waals surface area contributed by atoms with Crippen molar-refractivity contribution >= 4 is 29.1 Å². The maximum Gasteiger partial charge on any atom is 0.191 e. The van der Waals surface area contributed by atoms with E-state index in [1.807, 2.05) is 30.0 Å². The van der Waals surface area contributed by atoms with Crippen molar-refractivity contribution in [2.45, 2.75) is 25.0 Å². The van der Waals surface area contributed by atoms with Gasteiger partial charge >= 0.3 is 0 Å². The average molecular weight is 363 g/mol. The zero-order valence-electron chi connectivity index (χ0n) is 14.8. The Morgan fingerprint density at radius 1 is 1.25 bits per heavy atom. The molecule has 0 aliphatic carbocycles. The SMILES string of the molecule is CN=C(NCCc1csc(-c2ccccc2)n1)NCC(C)(C)SC. The van der Waals surface area contributed by atoms with E-state index < -0.39 is 0 Å². The van der Waals surface area contributed by atoms with Crippen LogP contribution in [0.4, 0.5) is 0 Å². The van der Waals surface area contributed by atoms with E-state index in [-0.39, 0.29) is 4.75 Å². The van der Waals surface area contributed by atoms with Crippen molar-refractivity contribution in [2.24, 2.45) is 4.99 Å². The van der Waals surface area contributed by atoms with E-state index in [9.17, 15) is 0 Å². The molecule has 2 aromatic rings. The standard InChI is InChI=1S/C18H26N4S2/c1-18(2,23-4)13-21-17(19-3)20-11-10-15-12-24-16(22-15)14-8-6-5-7-9-14/h5-9,12H,10-11,13H2,1-4H3,(H2,19,20,21). The molecule has 0 aliphatic rings. The van der Waals surface area contributed by atoms with Crippen molar-refractivity contribution in [3.63, 3.8) is 0 Å². The molecule has 1 aromatic heterocycles. The van der Waals surface area contributed by atoms with Gasteiger partial charge in [-0.05, 0) is 20.1 Å². The quantitative estimate of drug-likeness (QED) is 0.583. The van der Waals surface area contributed by atoms with Crippen molar-refractivity contribution < 1.29 is 0 Å². The lowest BCUT2D eigenvalue weighted by atomic mass is 10.2. The molecule has 130 valence electrons. The lowest BCUT2D eigenvalue weighted by molar-refractivity contribution is 0.663. The number of aromatic nitrogens is 1. The first-order valence-electron chi connectivity index (χ1n) is 8.03. The minimum atomic E-state index is 0.192. The monoisotopic (exact) mass is 362 g/mol. The largest absolute Gasteiger partial charge is 0.356 e. The minimum Gasteiger partial charge on any atom is -0.356 e. The summed E-state index contributed by atoms with van der Waals surface area (Å²) in [5.41, 5.74) is 2.30. The lowest BCUT2D eigenvalue weighted by Crippen LogP contribution is -2.43. The Morgan fingerprint density at radius 2 is 2.00 bits per heavy atom. The predicted molar refractivity (Wildman–Crippen MR) is 108 cm³/mol. The van der Waals surface area contributed by atoms with Crippen molar-refractivity contribution in [3.8, 4) is 10.6 Å². The maximum atomic E-state index is 4.72. The Bertz CT molecular complexity index is 650. The molecule has 1 aromatic carbocycles. The molecule has 0 unspecified atom stereocenters. The van der Waals surface area contributed by atoms with Crippen LogP contribution in [0.1, 0.15) is 19.5 Å². The van der Waals surface area contributed by atoms with Crippen LogP contribution in [0.5, 0.6) is 0 Å². The number of thioether (sulfide) groups is 1. The summed E-state index contributed by atoms with van der Waals surface area (Å²) in [5, 5.41) is 9.95. The summed E-state index contributed by atoms with van der Waals surface area (Å²) in [4.78, 5) is 8.99. The number of nitrogens with one attached hydrogen (secondary N) is 2. The zero-order valence-corrected chi connectivity index (χ0v) is 16.4. The van der Waals surface area contributed by atoms with Crippen LogP contribution in [-0.4, -0.2) is 42.1 Å². The molecule has 4 nitrogen and oxygen atoms in total. The maximum absolute atomic E-state index is 4.72. The summed E-state index contributed by atoms with van der Waals surface area (Å²) >= 11 is 3.54. The Hall–Kier alpha value is -1.53. The van der Waals surface area contributed by atoms with E-state index in [1.54, 1.807) is 18.4 Å². The summed E-state index contributed by atoms with van der Waals surface area (Å²) in [6.45, 7) is 6.14. The van der Waals surface area contributed by atoms with Gasteiger partial charge < -0.3 is 10.6 Å². The molecule has 0 aliphatic heterocycles. The third-order valence-electron chi connectivity index (χ3n) is 3.70. The molecule has 0 amide bonds. The molecule has 2 N–H and O–H groups in total. The molecular weight excluding hydrogens is 336 g/mol. The number of hydrogen-bond acceptors (Lipinski definition) is 4. The van der Waals surface area contributed by atoms with Crippen molar-refractivity contribution in [1.82, 2.24) is 15.6 Å². The predicted octanol–water partition coefficient (Wildman–Crippen LogP) is 3.66. The highest BCUT2D eigenvalue weighted by Gasteiger charge is 2.16. The van der Waals surface area contributed by atoms with Gasteiger partial charge in [-0.25, -0.2) is 4.98 Å². The van der Waals surface area contributed by atoms with Gasteiger partial charge in [-0.15, -0.1) is 11.3 Å². The van der Waals surface area contributed by atoms with Crippen LogP contribution < -0.4 is 10.6 Å². The molecule has 6 heteroatoms. The van der Waals surface area contributed by atoms with Crippen molar-refractivity contribution in [3.05, 3.63) is 41.4 Å². The molecule has 0 saturated carbocycles. The normalized spacial score (nSPS) is 12.2. The molecule has 0 fully saturated rings. The number of rotatable bonds is 7. The van der Waals surface area contributed by atoms with Gasteiger partial charge in [0.15, 0.2) is 5.96 Å². The van der Waals surface area contributed by atoms with Crippen molar-refractivity contribution in [2.75, 3.05) is 26.4 Å². The van der Waals surface area contributed by atoms with Gasteiger partial charge in [0.2, 0.25) is 0 Å². The highest BCUT2D eigenvalue weighted by atomic mass is 32.2. The summed E-state index contributed by atoms with van der Waals surface area (Å²) in [6, 6.07) is 10.3. The second kappa shape index (κ2) is 9.08. The van der Waals surface area contributed by atoms with Crippen LogP contribution >= 0.6 is 23.1 Å². The van der Waals surface area contributed by atoms with Crippen LogP contribution in [-0.2, 0) is 6.42 Å². The Kier molecular flexibility index (Phi) is 7.12. The van der Waals surface area contributed by atoms with E-state index in [2.05, 4.69) is 53.2 Å². The molecule has 0 spiro atoms. The molecule has 0 bridgehead atoms. The Morgan fingerprint density at radius 3 is 2.67 bits per heavy atom. The van der Waals surface area contributed by atoms with Crippen LogP contribution in [0.15, 0.2) is 40.7 Å². The van der Waals surface area contributed by atoms with Gasteiger partial charge in [-0.2, -0.15) is 11.8 Å². The highest BCUT2D eigenvalue weighted by Crippen LogP contribution is 2.23. The van der Waals surface area contributed by atoms with E-state index >= 15 is 0 Å². The Labute approximate surface area is 153 Å². The van der Waals surface area contributed by atoms with Gasteiger partial charge in [0.25, 0.3) is 0 Å². The molecule has 0 radical (unpaired) electrons. The smallest absolute Gasteiger partial charge is 0.191 e. The van der Waals surface area contributed by atoms with Gasteiger partial charge in [0.05, 0.1) is 5.69 Å². The van der Waals surface area contributed by atoms with E-state index in [1.165, 1.54) is 5.56 Å². The van der Waals surface area contributed by atoms with Crippen LogP contribution in [0, 0.1) is 0 Å². The molecule has 2 rings (SSSR count). The lowest BCUT2D eigenvalue weighted by Gasteiger charge is -2.23. The van der Waals surface area contributed by atoms with Gasteiger partial charge in [-0.3, -0.25) is 4.99 Å². The number of aliphatic imine (C=N–C) groups is 1. The fourth-order valence-electron chi connectivity index (χ4n) is 2.03. The van der Waals surface area contributed by atoms with Crippen LogP contribution in [0.2, 0.25) is 0 Å². The zero-order chi connectivity index (χ0) is 17.4. The minimum absolute atomic E-state index is 0.192. The van der Waals surface area contributed by atoms with E-state index in [0.29, 0.717) is 0 Å². The summed E-state index contributed by atoms with van der Waals surface area (Å²) in [5.74, 6) is 0.843. The third-order valence-corrected chi connectivity index (χ3v) is 5.89. The molecule has 1 heterocycles. The number of hydrogen-bond donors (Lipinski definition) is 2. The highest BCUT2D eigenvalue weighted by molar-refractivity contribution is 7.99. The topological polar surface area (TPSA) is 49.3 Å². The summed E-state index contributed by atoms with van der Waals surface area (Å²) in [7, 11) is 1.80. The first-order chi connectivity index (χ1) is 11.5. The fraction of sp³-hybridized carbons (Fsp3) is 0.444. The third kappa shape index (κ3) is 5.83. The van der Waals surface area contributed by atoms with Gasteiger partial charge in [-0.1, -0.05) is 30.3 Å². The molecular formula is C18H26N4S2. The first-order valence-corrected chi connectivity index (χ1v) is 10.1. The summed E-state index contributed by atoms with van der Waals surface area (Å²) < 4.78 is 0.192. The second-order valence-electron chi connectivity index (χ2n) is 6.08. The van der Waals surface area contributed by atoms with Crippen LogP contribution in [0.25, 0.3) is 10.6 Å². The number of thiazole rings is 1. The molecule has 24 heavy (non-hydrogen) atoms.